The fourth-order valence-corrected chi connectivity index (χ4v) is 4.71. The number of hydrogen-bond acceptors (Lipinski definition) is 5. The Hall–Kier alpha value is -1.10. The number of guanidine groups is 1. The Kier molecular flexibility index (Phi) is 11.5. The molecule has 0 bridgehead atoms. The van der Waals surface area contributed by atoms with Crippen LogP contribution in [0.5, 0.6) is 5.75 Å². The average molecular weight is 560 g/mol. The minimum atomic E-state index is 0. The molecule has 182 valence electrons. The van der Waals surface area contributed by atoms with Gasteiger partial charge < -0.3 is 25.0 Å². The van der Waals surface area contributed by atoms with Gasteiger partial charge >= 0.3 is 0 Å². The molecule has 0 saturated carbocycles. The Balaban J connectivity index is 0.00000363. The number of rotatable bonds is 8. The number of nitrogens with one attached hydrogen (secondary N) is 2. The molecule has 3 rings (SSSR count). The van der Waals surface area contributed by atoms with Crippen LogP contribution in [0.4, 0.5) is 0 Å². The Morgan fingerprint density at radius 1 is 1.12 bits per heavy atom. The fraction of sp³-hybridized carbons (Fsp3) is 0.708. The highest BCUT2D eigenvalue weighted by Gasteiger charge is 2.35. The zero-order valence-corrected chi connectivity index (χ0v) is 22.6. The van der Waals surface area contributed by atoms with Crippen molar-refractivity contribution >= 4 is 29.9 Å². The summed E-state index contributed by atoms with van der Waals surface area (Å²) in [5.41, 5.74) is 1.43. The van der Waals surface area contributed by atoms with E-state index in [4.69, 9.17) is 9.47 Å². The molecule has 1 aromatic carbocycles. The summed E-state index contributed by atoms with van der Waals surface area (Å²) in [5, 5.41) is 7.20. The van der Waals surface area contributed by atoms with E-state index in [0.717, 1.165) is 63.9 Å². The van der Waals surface area contributed by atoms with E-state index < -0.39 is 0 Å². The molecule has 7 nitrogen and oxygen atoms in total. The van der Waals surface area contributed by atoms with Crippen molar-refractivity contribution in [1.29, 1.82) is 0 Å². The minimum absolute atomic E-state index is 0. The smallest absolute Gasteiger partial charge is 0.191 e. The molecule has 2 aliphatic rings. The van der Waals surface area contributed by atoms with Crippen LogP contribution in [0, 0.1) is 0 Å². The van der Waals surface area contributed by atoms with Gasteiger partial charge in [0.05, 0.1) is 13.2 Å². The topological polar surface area (TPSA) is 61.4 Å². The van der Waals surface area contributed by atoms with Gasteiger partial charge in [-0.1, -0.05) is 18.6 Å². The van der Waals surface area contributed by atoms with E-state index >= 15 is 0 Å². The third-order valence-electron chi connectivity index (χ3n) is 6.98. The number of benzene rings is 1. The highest BCUT2D eigenvalue weighted by Crippen LogP contribution is 2.27. The van der Waals surface area contributed by atoms with Crippen molar-refractivity contribution in [3.8, 4) is 5.75 Å². The number of hydrogen-bond donors (Lipinski definition) is 2. The predicted octanol–water partition coefficient (Wildman–Crippen LogP) is 3.12. The molecule has 0 aliphatic carbocycles. The number of piperidine rings is 1. The molecule has 2 saturated heterocycles. The molecule has 1 atom stereocenters. The van der Waals surface area contributed by atoms with E-state index in [-0.39, 0.29) is 29.5 Å². The van der Waals surface area contributed by atoms with Gasteiger partial charge in [-0.3, -0.25) is 9.89 Å². The summed E-state index contributed by atoms with van der Waals surface area (Å²) in [6, 6.07) is 8.82. The number of nitrogens with zero attached hydrogens (tertiary/aromatic N) is 3. The fourth-order valence-electron chi connectivity index (χ4n) is 4.71. The van der Waals surface area contributed by atoms with Crippen molar-refractivity contribution in [1.82, 2.24) is 20.4 Å². The van der Waals surface area contributed by atoms with E-state index in [1.807, 2.05) is 7.05 Å². The lowest BCUT2D eigenvalue weighted by Crippen LogP contribution is -2.57. The lowest BCUT2D eigenvalue weighted by molar-refractivity contribution is -0.00502. The van der Waals surface area contributed by atoms with Crippen LogP contribution >= 0.6 is 24.0 Å². The van der Waals surface area contributed by atoms with Gasteiger partial charge in [-0.2, -0.15) is 0 Å². The maximum absolute atomic E-state index is 5.60. The normalized spacial score (nSPS) is 20.3. The van der Waals surface area contributed by atoms with E-state index in [1.54, 1.807) is 7.11 Å². The second-order valence-electron chi connectivity index (χ2n) is 8.92. The highest BCUT2D eigenvalue weighted by atomic mass is 127. The summed E-state index contributed by atoms with van der Waals surface area (Å²) >= 11 is 0. The van der Waals surface area contributed by atoms with Crippen LogP contribution in [0.25, 0.3) is 0 Å². The van der Waals surface area contributed by atoms with Crippen molar-refractivity contribution < 1.29 is 9.47 Å². The van der Waals surface area contributed by atoms with Crippen molar-refractivity contribution in [2.45, 2.75) is 43.7 Å². The maximum Gasteiger partial charge on any atom is 0.191 e. The number of likely N-dealkylation sites (N-methyl/N-ethyl adjacent to an activating group) is 1. The number of aliphatic imine (C=N–C) groups is 1. The first-order valence-electron chi connectivity index (χ1n) is 11.7. The van der Waals surface area contributed by atoms with E-state index in [2.05, 4.69) is 63.8 Å². The zero-order chi connectivity index (χ0) is 22.1. The van der Waals surface area contributed by atoms with E-state index in [0.29, 0.717) is 6.04 Å². The highest BCUT2D eigenvalue weighted by molar-refractivity contribution is 14.0. The number of likely N-dealkylation sites (tertiary alicyclic amines) is 1. The molecule has 1 aromatic rings. The van der Waals surface area contributed by atoms with Gasteiger partial charge in [0.2, 0.25) is 0 Å². The lowest BCUT2D eigenvalue weighted by Gasteiger charge is -2.43. The monoisotopic (exact) mass is 559 g/mol. The zero-order valence-electron chi connectivity index (χ0n) is 20.2. The van der Waals surface area contributed by atoms with Gasteiger partial charge in [0.15, 0.2) is 5.96 Å². The van der Waals surface area contributed by atoms with E-state index in [9.17, 15) is 0 Å². The molecule has 8 heteroatoms. The quantitative estimate of drug-likeness (QED) is 0.290. The van der Waals surface area contributed by atoms with Crippen molar-refractivity contribution in [2.24, 2.45) is 4.99 Å². The molecule has 0 radical (unpaired) electrons. The molecule has 2 N–H and O–H groups in total. The third-order valence-corrected chi connectivity index (χ3v) is 6.98. The van der Waals surface area contributed by atoms with Crippen LogP contribution in [-0.4, -0.2) is 88.9 Å². The SMILES string of the molecule is CN=C(NCC(c1ccc(OC)cc1)N1CCCCC1)NCC1(N(C)C)CCOCC1.I. The first kappa shape index (κ1) is 27.1. The van der Waals surface area contributed by atoms with Crippen LogP contribution in [0.2, 0.25) is 0 Å². The summed E-state index contributed by atoms with van der Waals surface area (Å²) in [4.78, 5) is 9.45. The Bertz CT molecular complexity index is 686. The van der Waals surface area contributed by atoms with Crippen LogP contribution < -0.4 is 15.4 Å². The second-order valence-corrected chi connectivity index (χ2v) is 8.92. The first-order valence-corrected chi connectivity index (χ1v) is 11.7. The summed E-state index contributed by atoms with van der Waals surface area (Å²) in [7, 11) is 7.90. The van der Waals surface area contributed by atoms with Crippen molar-refractivity contribution in [3.05, 3.63) is 29.8 Å². The minimum Gasteiger partial charge on any atom is -0.497 e. The Morgan fingerprint density at radius 3 is 2.34 bits per heavy atom. The number of methoxy groups -OCH3 is 1. The van der Waals surface area contributed by atoms with Gasteiger partial charge in [0, 0.05) is 38.9 Å². The molecular formula is C24H42IN5O2. The molecule has 32 heavy (non-hydrogen) atoms. The van der Waals surface area contributed by atoms with Crippen LogP contribution in [0.1, 0.15) is 43.7 Å². The largest absolute Gasteiger partial charge is 0.497 e. The molecule has 2 fully saturated rings. The molecule has 1 unspecified atom stereocenters. The third kappa shape index (κ3) is 7.20. The van der Waals surface area contributed by atoms with Crippen molar-refractivity contribution in [2.75, 3.05) is 67.6 Å². The Labute approximate surface area is 211 Å². The molecule has 0 amide bonds. The standard InChI is InChI=1S/C24H41N5O2.HI/c1-25-23(27-19-24(28(2)3)12-16-31-17-13-24)26-18-22(29-14-6-5-7-15-29)20-8-10-21(30-4)11-9-20;/h8-11,22H,5-7,12-19H2,1-4H3,(H2,25,26,27);1H. The molecule has 2 aliphatic heterocycles. The number of halogens is 1. The van der Waals surface area contributed by atoms with Gasteiger partial charge in [0.1, 0.15) is 5.75 Å². The molecule has 0 aromatic heterocycles. The maximum atomic E-state index is 5.60. The van der Waals surface area contributed by atoms with Crippen LogP contribution in [0.3, 0.4) is 0 Å². The first-order chi connectivity index (χ1) is 15.1. The Morgan fingerprint density at radius 2 is 1.78 bits per heavy atom. The van der Waals surface area contributed by atoms with E-state index in [1.165, 1.54) is 24.8 Å². The van der Waals surface area contributed by atoms with Crippen molar-refractivity contribution in [3.63, 3.8) is 0 Å². The van der Waals surface area contributed by atoms with Gasteiger partial charge in [-0.05, 0) is 70.6 Å². The second kappa shape index (κ2) is 13.6. The number of ether oxygens (including phenoxy) is 2. The predicted molar refractivity (Wildman–Crippen MR) is 142 cm³/mol. The van der Waals surface area contributed by atoms with Gasteiger partial charge in [-0.25, -0.2) is 0 Å². The van der Waals surface area contributed by atoms with Gasteiger partial charge in [-0.15, -0.1) is 24.0 Å². The average Bonchev–Trinajstić information content (AvgIpc) is 2.82. The molecule has 0 spiro atoms. The summed E-state index contributed by atoms with van der Waals surface area (Å²) in [5.74, 6) is 1.76. The van der Waals surface area contributed by atoms with Crippen LogP contribution in [-0.2, 0) is 4.74 Å². The molecule has 2 heterocycles. The van der Waals surface area contributed by atoms with Gasteiger partial charge in [0.25, 0.3) is 0 Å². The lowest BCUT2D eigenvalue weighted by atomic mass is 9.88. The summed E-state index contributed by atoms with van der Waals surface area (Å²) in [6.07, 6.45) is 5.94. The summed E-state index contributed by atoms with van der Waals surface area (Å²) in [6.45, 7) is 5.62. The van der Waals surface area contributed by atoms with Crippen LogP contribution in [0.15, 0.2) is 29.3 Å². The summed E-state index contributed by atoms with van der Waals surface area (Å²) < 4.78 is 11.0. The molecular weight excluding hydrogens is 517 g/mol.